The van der Waals surface area contributed by atoms with E-state index in [1.807, 2.05) is 31.2 Å². The number of halogens is 4. The van der Waals surface area contributed by atoms with E-state index in [0.29, 0.717) is 50.5 Å². The molecule has 7 nitrogen and oxygen atoms in total. The predicted molar refractivity (Wildman–Crippen MR) is 149 cm³/mol. The predicted octanol–water partition coefficient (Wildman–Crippen LogP) is 6.98. The van der Waals surface area contributed by atoms with E-state index in [0.717, 1.165) is 10.0 Å². The number of nitrogens with zero attached hydrogens (tertiary/aromatic N) is 1. The molecule has 0 aliphatic carbocycles. The Morgan fingerprint density at radius 3 is 2.42 bits per heavy atom. The van der Waals surface area contributed by atoms with Gasteiger partial charge in [0.05, 0.1) is 27.3 Å². The molecule has 0 aromatic heterocycles. The van der Waals surface area contributed by atoms with Gasteiger partial charge in [0.25, 0.3) is 0 Å². The number of anilines is 1. The highest BCUT2D eigenvalue weighted by molar-refractivity contribution is 9.10. The molecule has 0 aliphatic heterocycles. The summed E-state index contributed by atoms with van der Waals surface area (Å²) >= 11 is 18.7. The quantitative estimate of drug-likeness (QED) is 0.140. The van der Waals surface area contributed by atoms with Crippen LogP contribution in [0.25, 0.3) is 0 Å². The minimum atomic E-state index is -0.581. The Hall–Kier alpha value is -2.59. The SMILES string of the molecule is CCOc1cc(C=NNC(=O)CC(=O)Nc2ccc(Cl)c(Cl)c2)cc(Br)c1OCc1ccc(Br)cc1. The number of rotatable bonds is 10. The van der Waals surface area contributed by atoms with Crippen LogP contribution < -0.4 is 20.2 Å². The van der Waals surface area contributed by atoms with Gasteiger partial charge in [-0.25, -0.2) is 5.43 Å². The van der Waals surface area contributed by atoms with Crippen molar-refractivity contribution in [2.45, 2.75) is 20.0 Å². The van der Waals surface area contributed by atoms with Crippen LogP contribution in [0.2, 0.25) is 10.0 Å². The topological polar surface area (TPSA) is 89.0 Å². The minimum absolute atomic E-state index is 0.297. The highest BCUT2D eigenvalue weighted by Crippen LogP contribution is 2.37. The van der Waals surface area contributed by atoms with Crippen molar-refractivity contribution in [3.63, 3.8) is 0 Å². The highest BCUT2D eigenvalue weighted by Gasteiger charge is 2.13. The molecule has 3 aromatic carbocycles. The zero-order valence-corrected chi connectivity index (χ0v) is 23.7. The van der Waals surface area contributed by atoms with Crippen LogP contribution in [0, 0.1) is 0 Å². The lowest BCUT2D eigenvalue weighted by molar-refractivity contribution is -0.126. The first-order valence-electron chi connectivity index (χ1n) is 10.7. The van der Waals surface area contributed by atoms with E-state index in [1.54, 1.807) is 24.3 Å². The number of amides is 2. The van der Waals surface area contributed by atoms with E-state index in [9.17, 15) is 9.59 Å². The van der Waals surface area contributed by atoms with Crippen LogP contribution in [0.15, 0.2) is 68.6 Å². The Balaban J connectivity index is 1.59. The molecule has 0 spiro atoms. The second-order valence-electron chi connectivity index (χ2n) is 7.33. The lowest BCUT2D eigenvalue weighted by Crippen LogP contribution is -2.24. The van der Waals surface area contributed by atoms with Crippen LogP contribution in [0.3, 0.4) is 0 Å². The summed E-state index contributed by atoms with van der Waals surface area (Å²) in [5.74, 6) is -0.0187. The Labute approximate surface area is 235 Å². The van der Waals surface area contributed by atoms with Gasteiger partial charge in [0.1, 0.15) is 13.0 Å². The maximum Gasteiger partial charge on any atom is 0.249 e. The number of hydrazone groups is 1. The fourth-order valence-corrected chi connectivity index (χ4v) is 4.08. The molecule has 2 amide bonds. The van der Waals surface area contributed by atoms with Gasteiger partial charge in [-0.3, -0.25) is 9.59 Å². The first kappa shape index (κ1) is 28.0. The Morgan fingerprint density at radius 1 is 0.972 bits per heavy atom. The molecule has 0 radical (unpaired) electrons. The van der Waals surface area contributed by atoms with Crippen molar-refractivity contribution in [3.8, 4) is 11.5 Å². The third-order valence-electron chi connectivity index (χ3n) is 4.56. The van der Waals surface area contributed by atoms with Gasteiger partial charge in [-0.1, -0.05) is 51.3 Å². The molecule has 0 fully saturated rings. The third-order valence-corrected chi connectivity index (χ3v) is 6.41. The van der Waals surface area contributed by atoms with Gasteiger partial charge in [0.15, 0.2) is 11.5 Å². The molecule has 11 heteroatoms. The summed E-state index contributed by atoms with van der Waals surface area (Å²) in [6, 6.07) is 16.0. The molecule has 0 unspecified atom stereocenters. The fourth-order valence-electron chi connectivity index (χ4n) is 2.94. The summed E-state index contributed by atoms with van der Waals surface area (Å²) in [5.41, 5.74) is 4.43. The number of ether oxygens (including phenoxy) is 2. The molecule has 0 saturated carbocycles. The summed E-state index contributed by atoms with van der Waals surface area (Å²) in [4.78, 5) is 24.2. The van der Waals surface area contributed by atoms with Gasteiger partial charge >= 0.3 is 0 Å². The number of carbonyl (C=O) groups is 2. The maximum atomic E-state index is 12.1. The largest absolute Gasteiger partial charge is 0.490 e. The van der Waals surface area contributed by atoms with E-state index < -0.39 is 18.2 Å². The summed E-state index contributed by atoms with van der Waals surface area (Å²) < 4.78 is 13.4. The highest BCUT2D eigenvalue weighted by atomic mass is 79.9. The van der Waals surface area contributed by atoms with Crippen LogP contribution in [0.4, 0.5) is 5.69 Å². The Morgan fingerprint density at radius 2 is 1.72 bits per heavy atom. The van der Waals surface area contributed by atoms with E-state index in [4.69, 9.17) is 32.7 Å². The average molecular weight is 658 g/mol. The fraction of sp³-hybridized carbons (Fsp3) is 0.160. The number of carbonyl (C=O) groups excluding carboxylic acids is 2. The molecular formula is C25H21Br2Cl2N3O4. The normalized spacial score (nSPS) is 10.8. The zero-order chi connectivity index (χ0) is 26.1. The first-order valence-corrected chi connectivity index (χ1v) is 13.0. The van der Waals surface area contributed by atoms with Crippen LogP contribution >= 0.6 is 55.1 Å². The summed E-state index contributed by atoms with van der Waals surface area (Å²) in [6.45, 7) is 2.67. The maximum absolute atomic E-state index is 12.1. The second-order valence-corrected chi connectivity index (χ2v) is 9.91. The van der Waals surface area contributed by atoms with Crippen LogP contribution in [-0.2, 0) is 16.2 Å². The summed E-state index contributed by atoms with van der Waals surface area (Å²) in [7, 11) is 0. The first-order chi connectivity index (χ1) is 17.2. The molecule has 0 atom stereocenters. The van der Waals surface area contributed by atoms with Crippen LogP contribution in [0.1, 0.15) is 24.5 Å². The van der Waals surface area contributed by atoms with Crippen LogP contribution in [-0.4, -0.2) is 24.6 Å². The van der Waals surface area contributed by atoms with E-state index in [-0.39, 0.29) is 0 Å². The smallest absolute Gasteiger partial charge is 0.249 e. The van der Waals surface area contributed by atoms with Crippen LogP contribution in [0.5, 0.6) is 11.5 Å². The molecule has 3 rings (SSSR count). The van der Waals surface area contributed by atoms with Crippen molar-refractivity contribution in [2.75, 3.05) is 11.9 Å². The number of hydrogen-bond acceptors (Lipinski definition) is 5. The van der Waals surface area contributed by atoms with Crippen molar-refractivity contribution in [2.24, 2.45) is 5.10 Å². The molecule has 0 heterocycles. The van der Waals surface area contributed by atoms with Gasteiger partial charge in [0, 0.05) is 10.2 Å². The number of hydrogen-bond donors (Lipinski definition) is 2. The monoisotopic (exact) mass is 655 g/mol. The number of nitrogens with one attached hydrogen (secondary N) is 2. The second kappa shape index (κ2) is 13.6. The van der Waals surface area contributed by atoms with Crippen molar-refractivity contribution < 1.29 is 19.1 Å². The minimum Gasteiger partial charge on any atom is -0.490 e. The number of benzene rings is 3. The van der Waals surface area contributed by atoms with Gasteiger partial charge in [-0.2, -0.15) is 5.10 Å². The lowest BCUT2D eigenvalue weighted by Gasteiger charge is -2.14. The van der Waals surface area contributed by atoms with E-state index in [2.05, 4.69) is 47.7 Å². The molecule has 3 aromatic rings. The average Bonchev–Trinajstić information content (AvgIpc) is 2.82. The van der Waals surface area contributed by atoms with Crippen molar-refractivity contribution in [1.29, 1.82) is 0 Å². The molecule has 188 valence electrons. The lowest BCUT2D eigenvalue weighted by atomic mass is 10.2. The van der Waals surface area contributed by atoms with E-state index >= 15 is 0 Å². The van der Waals surface area contributed by atoms with Gasteiger partial charge in [-0.15, -0.1) is 0 Å². The van der Waals surface area contributed by atoms with Crippen molar-refractivity contribution in [3.05, 3.63) is 84.7 Å². The van der Waals surface area contributed by atoms with Gasteiger partial charge < -0.3 is 14.8 Å². The Bertz CT molecular complexity index is 1270. The molecule has 36 heavy (non-hydrogen) atoms. The van der Waals surface area contributed by atoms with Gasteiger partial charge in [-0.05, 0) is 76.4 Å². The molecule has 0 saturated heterocycles. The molecule has 2 N–H and O–H groups in total. The standard InChI is InChI=1S/C25H21Br2Cl2N3O4/c1-2-35-22-10-16(9-19(27)25(22)36-14-15-3-5-17(26)6-4-15)13-30-32-24(34)12-23(33)31-18-7-8-20(28)21(29)11-18/h3-11,13H,2,12,14H2,1H3,(H,31,33)(H,32,34). The van der Waals surface area contributed by atoms with Crippen molar-refractivity contribution in [1.82, 2.24) is 5.43 Å². The third kappa shape index (κ3) is 8.51. The Kier molecular flexibility index (Phi) is 10.6. The summed E-state index contributed by atoms with van der Waals surface area (Å²) in [5, 5.41) is 7.18. The molecular weight excluding hydrogens is 637 g/mol. The van der Waals surface area contributed by atoms with E-state index in [1.165, 1.54) is 12.3 Å². The summed E-state index contributed by atoms with van der Waals surface area (Å²) in [6.07, 6.45) is 1.02. The molecule has 0 aliphatic rings. The zero-order valence-electron chi connectivity index (χ0n) is 19.0. The molecule has 0 bridgehead atoms. The van der Waals surface area contributed by atoms with Gasteiger partial charge in [0.2, 0.25) is 11.8 Å². The van der Waals surface area contributed by atoms with Crippen molar-refractivity contribution >= 4 is 78.8 Å².